The highest BCUT2D eigenvalue weighted by Gasteiger charge is 2.31. The van der Waals surface area contributed by atoms with E-state index in [4.69, 9.17) is 9.47 Å². The minimum Gasteiger partial charge on any atom is -0.493 e. The van der Waals surface area contributed by atoms with E-state index in [0.717, 1.165) is 50.8 Å². The molecule has 0 unspecified atom stereocenters. The molecule has 31 heavy (non-hydrogen) atoms. The predicted octanol–water partition coefficient (Wildman–Crippen LogP) is 4.31. The molecule has 0 bridgehead atoms. The number of hydrogen-bond acceptors (Lipinski definition) is 5. The van der Waals surface area contributed by atoms with E-state index in [1.54, 1.807) is 18.6 Å². The molecule has 8 heteroatoms. The van der Waals surface area contributed by atoms with Crippen LogP contribution < -0.4 is 9.47 Å². The lowest BCUT2D eigenvalue weighted by molar-refractivity contribution is 0.246. The van der Waals surface area contributed by atoms with Crippen molar-refractivity contribution in [3.05, 3.63) is 71.2 Å². The summed E-state index contributed by atoms with van der Waals surface area (Å²) in [4.78, 5) is 4.42. The summed E-state index contributed by atoms with van der Waals surface area (Å²) in [7, 11) is 0. The van der Waals surface area contributed by atoms with Crippen molar-refractivity contribution < 1.29 is 13.9 Å². The number of ether oxygens (including phenoxy) is 2. The third-order valence-corrected chi connectivity index (χ3v) is 6.10. The number of hydrogen-bond donors (Lipinski definition) is 0. The second-order valence-electron chi connectivity index (χ2n) is 7.79. The molecule has 0 aliphatic carbocycles. The van der Waals surface area contributed by atoms with Gasteiger partial charge in [-0.1, -0.05) is 6.07 Å². The van der Waals surface area contributed by atoms with E-state index in [2.05, 4.69) is 15.2 Å². The van der Waals surface area contributed by atoms with Gasteiger partial charge >= 0.3 is 0 Å². The fraction of sp³-hybridized carbons (Fsp3) is 0.261. The molecule has 0 spiro atoms. The van der Waals surface area contributed by atoms with Crippen molar-refractivity contribution >= 4 is 18.1 Å². The van der Waals surface area contributed by atoms with Crippen LogP contribution in [0.4, 0.5) is 4.39 Å². The van der Waals surface area contributed by atoms with Crippen LogP contribution in [0.3, 0.4) is 0 Å². The van der Waals surface area contributed by atoms with E-state index in [9.17, 15) is 4.39 Å². The number of aromatic nitrogens is 4. The van der Waals surface area contributed by atoms with Crippen LogP contribution in [0, 0.1) is 12.7 Å². The number of rotatable bonds is 1. The summed E-state index contributed by atoms with van der Waals surface area (Å²) >= 11 is 0. The molecule has 1 atom stereocenters. The van der Waals surface area contributed by atoms with Gasteiger partial charge in [-0.05, 0) is 49.6 Å². The molecule has 3 aromatic heterocycles. The van der Waals surface area contributed by atoms with Crippen molar-refractivity contribution in [2.45, 2.75) is 25.7 Å². The summed E-state index contributed by atoms with van der Waals surface area (Å²) in [5.41, 5.74) is 6.18. The molecule has 2 aliphatic heterocycles. The first kappa shape index (κ1) is 19.8. The first-order valence-electron chi connectivity index (χ1n) is 10.0. The highest BCUT2D eigenvalue weighted by Crippen LogP contribution is 2.41. The maximum absolute atomic E-state index is 14.7. The molecule has 1 aromatic carbocycles. The summed E-state index contributed by atoms with van der Waals surface area (Å²) < 4.78 is 28.8. The van der Waals surface area contributed by atoms with Crippen LogP contribution in [0.2, 0.25) is 0 Å². The molecular formula is C23H20ClFN4O2. The lowest BCUT2D eigenvalue weighted by atomic mass is 9.93. The van der Waals surface area contributed by atoms with Gasteiger partial charge in [-0.3, -0.25) is 9.38 Å². The predicted molar refractivity (Wildman–Crippen MR) is 116 cm³/mol. The van der Waals surface area contributed by atoms with E-state index in [-0.39, 0.29) is 24.1 Å². The van der Waals surface area contributed by atoms with Gasteiger partial charge < -0.3 is 9.47 Å². The Kier molecular flexibility index (Phi) is 4.78. The van der Waals surface area contributed by atoms with Crippen LogP contribution in [0.5, 0.6) is 11.5 Å². The Bertz CT molecular complexity index is 1310. The van der Waals surface area contributed by atoms with Gasteiger partial charge in [-0.2, -0.15) is 0 Å². The Morgan fingerprint density at radius 2 is 1.90 bits per heavy atom. The Balaban J connectivity index is 0.00000204. The van der Waals surface area contributed by atoms with Gasteiger partial charge in [0.2, 0.25) is 0 Å². The zero-order chi connectivity index (χ0) is 20.2. The average molecular weight is 439 g/mol. The van der Waals surface area contributed by atoms with Crippen LogP contribution in [0.1, 0.15) is 28.4 Å². The Morgan fingerprint density at radius 3 is 2.74 bits per heavy atom. The molecule has 6 rings (SSSR count). The lowest BCUT2D eigenvalue weighted by Crippen LogP contribution is -2.13. The molecule has 2 aliphatic rings. The fourth-order valence-corrected chi connectivity index (χ4v) is 4.63. The van der Waals surface area contributed by atoms with E-state index >= 15 is 0 Å². The van der Waals surface area contributed by atoms with Gasteiger partial charge in [0.05, 0.1) is 24.8 Å². The number of pyridine rings is 2. The number of halogens is 2. The summed E-state index contributed by atoms with van der Waals surface area (Å²) in [6.45, 7) is 2.90. The topological polar surface area (TPSA) is 61.5 Å². The first-order valence-corrected chi connectivity index (χ1v) is 10.0. The minimum absolute atomic E-state index is 0. The normalized spacial score (nSPS) is 16.8. The third kappa shape index (κ3) is 3.03. The van der Waals surface area contributed by atoms with Crippen LogP contribution in [0.15, 0.2) is 42.9 Å². The van der Waals surface area contributed by atoms with Crippen molar-refractivity contribution in [2.24, 2.45) is 0 Å². The molecule has 158 valence electrons. The standard InChI is InChI=1S/C23H19FN4O2.ClH/c1-13-15(3-2-8-25-13)17-9-21-19(28-12-26-27-23(17)28)6-4-16-18(24)5-7-20-22(16)14(10-29-20)11-30-21;/h2-3,5,7-9,12,14H,4,6,10-11H2,1H3;1H/t14-;/m1./s1. The van der Waals surface area contributed by atoms with Gasteiger partial charge in [-0.15, -0.1) is 22.6 Å². The molecule has 0 radical (unpaired) electrons. The van der Waals surface area contributed by atoms with E-state index in [1.165, 1.54) is 6.07 Å². The van der Waals surface area contributed by atoms with Gasteiger partial charge in [0.15, 0.2) is 5.65 Å². The second kappa shape index (κ2) is 7.50. The minimum atomic E-state index is -0.185. The Morgan fingerprint density at radius 1 is 1.06 bits per heavy atom. The summed E-state index contributed by atoms with van der Waals surface area (Å²) in [5.74, 6) is 1.36. The third-order valence-electron chi connectivity index (χ3n) is 6.10. The SMILES string of the molecule is Cc1ncccc1-c1cc2c(n3cnnc13)CCc1c(F)ccc3c1[C@H](CO3)CO2.Cl. The van der Waals surface area contributed by atoms with Gasteiger partial charge in [0.25, 0.3) is 0 Å². The average Bonchev–Trinajstić information content (AvgIpc) is 3.40. The van der Waals surface area contributed by atoms with E-state index in [1.807, 2.05) is 29.5 Å². The first-order chi connectivity index (χ1) is 14.7. The van der Waals surface area contributed by atoms with E-state index in [0.29, 0.717) is 26.1 Å². The van der Waals surface area contributed by atoms with Crippen LogP contribution in [-0.2, 0) is 12.8 Å². The zero-order valence-electron chi connectivity index (χ0n) is 16.8. The van der Waals surface area contributed by atoms with Crippen molar-refractivity contribution in [2.75, 3.05) is 13.2 Å². The molecule has 0 saturated heterocycles. The molecule has 0 amide bonds. The van der Waals surface area contributed by atoms with Gasteiger partial charge in [0, 0.05) is 28.6 Å². The largest absolute Gasteiger partial charge is 0.493 e. The Labute approximate surface area is 184 Å². The second-order valence-corrected chi connectivity index (χ2v) is 7.79. The van der Waals surface area contributed by atoms with Crippen molar-refractivity contribution in [3.8, 4) is 22.6 Å². The molecule has 5 heterocycles. The number of aryl methyl sites for hydroxylation is 2. The highest BCUT2D eigenvalue weighted by atomic mass is 35.5. The lowest BCUT2D eigenvalue weighted by Gasteiger charge is -2.16. The van der Waals surface area contributed by atoms with Crippen molar-refractivity contribution in [3.63, 3.8) is 0 Å². The number of fused-ring (bicyclic) bond motifs is 3. The summed E-state index contributed by atoms with van der Waals surface area (Å²) in [6, 6.07) is 9.18. The highest BCUT2D eigenvalue weighted by molar-refractivity contribution is 5.85. The quantitative estimate of drug-likeness (QED) is 0.443. The van der Waals surface area contributed by atoms with Gasteiger partial charge in [0.1, 0.15) is 23.6 Å². The number of benzene rings is 1. The maximum Gasteiger partial charge on any atom is 0.169 e. The van der Waals surface area contributed by atoms with E-state index < -0.39 is 0 Å². The molecule has 4 aromatic rings. The molecule has 6 nitrogen and oxygen atoms in total. The monoisotopic (exact) mass is 438 g/mol. The van der Waals surface area contributed by atoms with Crippen LogP contribution in [0.25, 0.3) is 16.8 Å². The fourth-order valence-electron chi connectivity index (χ4n) is 4.63. The van der Waals surface area contributed by atoms with Crippen LogP contribution in [-0.4, -0.2) is 32.8 Å². The summed E-state index contributed by atoms with van der Waals surface area (Å²) in [6.07, 6.45) is 4.64. The molecular weight excluding hydrogens is 419 g/mol. The number of nitrogens with zero attached hydrogens (tertiary/aromatic N) is 4. The van der Waals surface area contributed by atoms with Crippen molar-refractivity contribution in [1.82, 2.24) is 19.6 Å². The molecule has 0 N–H and O–H groups in total. The smallest absolute Gasteiger partial charge is 0.169 e. The molecule has 0 fully saturated rings. The summed E-state index contributed by atoms with van der Waals surface area (Å²) in [5, 5.41) is 8.51. The Hall–Kier alpha value is -3.19. The van der Waals surface area contributed by atoms with Crippen LogP contribution >= 0.6 is 12.4 Å². The molecule has 0 saturated carbocycles. The zero-order valence-corrected chi connectivity index (χ0v) is 17.7. The maximum atomic E-state index is 14.7. The van der Waals surface area contributed by atoms with Gasteiger partial charge in [-0.25, -0.2) is 4.39 Å². The van der Waals surface area contributed by atoms with Crippen molar-refractivity contribution in [1.29, 1.82) is 0 Å².